The number of hydrogen-bond donors (Lipinski definition) is 1. The summed E-state index contributed by atoms with van der Waals surface area (Å²) >= 11 is 0. The van der Waals surface area contributed by atoms with E-state index in [0.29, 0.717) is 18.5 Å². The van der Waals surface area contributed by atoms with Crippen LogP contribution in [0.4, 0.5) is 6.01 Å². The minimum Gasteiger partial charge on any atom is -0.408 e. The Labute approximate surface area is 71.1 Å². The quantitative estimate of drug-likeness (QED) is 0.726. The molecule has 1 heterocycles. The second-order valence-corrected chi connectivity index (χ2v) is 2.55. The van der Waals surface area contributed by atoms with E-state index in [4.69, 9.17) is 9.15 Å². The van der Waals surface area contributed by atoms with Crippen molar-refractivity contribution in [2.24, 2.45) is 0 Å². The average molecular weight is 171 g/mol. The topological polar surface area (TPSA) is 60.2 Å². The van der Waals surface area contributed by atoms with Gasteiger partial charge in [0.05, 0.1) is 6.10 Å². The maximum absolute atomic E-state index is 5.09. The number of aromatic nitrogens is 2. The molecular weight excluding hydrogens is 158 g/mol. The van der Waals surface area contributed by atoms with Crippen LogP contribution in [0.25, 0.3) is 0 Å². The first-order valence-corrected chi connectivity index (χ1v) is 3.79. The summed E-state index contributed by atoms with van der Waals surface area (Å²) in [6.07, 6.45) is 0.136. The Morgan fingerprint density at radius 1 is 1.58 bits per heavy atom. The number of nitrogens with zero attached hydrogens (tertiary/aromatic N) is 2. The van der Waals surface area contributed by atoms with Gasteiger partial charge < -0.3 is 14.5 Å². The highest BCUT2D eigenvalue weighted by molar-refractivity contribution is 5.16. The molecule has 0 aromatic carbocycles. The molecular formula is C7H13N3O2. The summed E-state index contributed by atoms with van der Waals surface area (Å²) in [4.78, 5) is 0. The molecule has 0 saturated carbocycles. The fourth-order valence-electron chi connectivity index (χ4n) is 0.682. The molecule has 0 saturated heterocycles. The molecule has 1 rings (SSSR count). The Bertz CT molecular complexity index is 236. The van der Waals surface area contributed by atoms with Gasteiger partial charge in [0, 0.05) is 20.6 Å². The van der Waals surface area contributed by atoms with Crippen LogP contribution in [0, 0.1) is 6.92 Å². The van der Waals surface area contributed by atoms with Crippen molar-refractivity contribution in [2.75, 3.05) is 19.0 Å². The predicted molar refractivity (Wildman–Crippen MR) is 44.0 cm³/mol. The average Bonchev–Trinajstić information content (AvgIpc) is 2.47. The van der Waals surface area contributed by atoms with E-state index >= 15 is 0 Å². The van der Waals surface area contributed by atoms with Crippen molar-refractivity contribution in [3.05, 3.63) is 5.89 Å². The molecule has 1 aromatic rings. The van der Waals surface area contributed by atoms with E-state index in [9.17, 15) is 0 Å². The fraction of sp³-hybridized carbons (Fsp3) is 0.714. The maximum Gasteiger partial charge on any atom is 0.315 e. The number of hydrogen-bond acceptors (Lipinski definition) is 5. The molecule has 0 spiro atoms. The highest BCUT2D eigenvalue weighted by Gasteiger charge is 2.03. The van der Waals surface area contributed by atoms with Crippen molar-refractivity contribution in [1.82, 2.24) is 10.2 Å². The molecule has 1 atom stereocenters. The van der Waals surface area contributed by atoms with E-state index in [1.807, 2.05) is 6.92 Å². The number of rotatable bonds is 4. The van der Waals surface area contributed by atoms with Crippen molar-refractivity contribution >= 4 is 6.01 Å². The van der Waals surface area contributed by atoms with Gasteiger partial charge in [-0.25, -0.2) is 0 Å². The predicted octanol–water partition coefficient (Wildman–Crippen LogP) is 0.825. The molecule has 5 heteroatoms. The van der Waals surface area contributed by atoms with Crippen LogP contribution in [0.1, 0.15) is 12.8 Å². The third kappa shape index (κ3) is 2.50. The Morgan fingerprint density at radius 2 is 2.33 bits per heavy atom. The Morgan fingerprint density at radius 3 is 2.83 bits per heavy atom. The summed E-state index contributed by atoms with van der Waals surface area (Å²) < 4.78 is 10.1. The van der Waals surface area contributed by atoms with Gasteiger partial charge in [-0.05, 0) is 6.92 Å². The smallest absolute Gasteiger partial charge is 0.315 e. The SMILES string of the molecule is COC(C)CNc1nnc(C)o1. The van der Waals surface area contributed by atoms with Gasteiger partial charge in [0.25, 0.3) is 0 Å². The first-order chi connectivity index (χ1) is 5.72. The Hall–Kier alpha value is -1.10. The number of aryl methyl sites for hydroxylation is 1. The number of ether oxygens (including phenoxy) is 1. The largest absolute Gasteiger partial charge is 0.408 e. The van der Waals surface area contributed by atoms with Crippen LogP contribution in [0.3, 0.4) is 0 Å². The lowest BCUT2D eigenvalue weighted by Gasteiger charge is -2.07. The normalized spacial score (nSPS) is 12.9. The van der Waals surface area contributed by atoms with Gasteiger partial charge >= 0.3 is 6.01 Å². The molecule has 0 fully saturated rings. The third-order valence-electron chi connectivity index (χ3n) is 1.47. The summed E-state index contributed by atoms with van der Waals surface area (Å²) in [5.41, 5.74) is 0. The molecule has 0 bridgehead atoms. The van der Waals surface area contributed by atoms with Crippen LogP contribution in [-0.4, -0.2) is 30.0 Å². The van der Waals surface area contributed by atoms with Crippen LogP contribution in [-0.2, 0) is 4.74 Å². The standard InChI is InChI=1S/C7H13N3O2/c1-5(11-3)4-8-7-10-9-6(2)12-7/h5H,4H2,1-3H3,(H,8,10). The molecule has 0 aliphatic rings. The van der Waals surface area contributed by atoms with Gasteiger partial charge in [-0.3, -0.25) is 0 Å². The Balaban J connectivity index is 2.33. The lowest BCUT2D eigenvalue weighted by atomic mass is 10.4. The highest BCUT2D eigenvalue weighted by Crippen LogP contribution is 2.03. The Kier molecular flexibility index (Phi) is 3.04. The molecule has 0 aliphatic carbocycles. The zero-order chi connectivity index (χ0) is 8.97. The molecule has 12 heavy (non-hydrogen) atoms. The van der Waals surface area contributed by atoms with Crippen LogP contribution in [0.5, 0.6) is 0 Å². The van der Waals surface area contributed by atoms with Gasteiger partial charge in [-0.15, -0.1) is 5.10 Å². The van der Waals surface area contributed by atoms with Gasteiger partial charge in [0.15, 0.2) is 0 Å². The summed E-state index contributed by atoms with van der Waals surface area (Å²) in [5, 5.41) is 10.4. The number of anilines is 1. The van der Waals surface area contributed by atoms with E-state index in [2.05, 4.69) is 15.5 Å². The molecule has 5 nitrogen and oxygen atoms in total. The van der Waals surface area contributed by atoms with Crippen LogP contribution in [0.2, 0.25) is 0 Å². The molecule has 1 N–H and O–H groups in total. The lowest BCUT2D eigenvalue weighted by molar-refractivity contribution is 0.128. The minimum atomic E-state index is 0.136. The first kappa shape index (κ1) is 8.99. The summed E-state index contributed by atoms with van der Waals surface area (Å²) in [5.74, 6) is 0.558. The molecule has 0 radical (unpaired) electrons. The fourth-order valence-corrected chi connectivity index (χ4v) is 0.682. The van der Waals surface area contributed by atoms with E-state index in [1.54, 1.807) is 14.0 Å². The van der Waals surface area contributed by atoms with Gasteiger partial charge in [0.1, 0.15) is 0 Å². The molecule has 0 aliphatic heterocycles. The molecule has 1 aromatic heterocycles. The van der Waals surface area contributed by atoms with Crippen LogP contribution in [0.15, 0.2) is 4.42 Å². The van der Waals surface area contributed by atoms with Crippen molar-refractivity contribution < 1.29 is 9.15 Å². The minimum absolute atomic E-state index is 0.136. The van der Waals surface area contributed by atoms with E-state index in [1.165, 1.54) is 0 Å². The van der Waals surface area contributed by atoms with E-state index in [-0.39, 0.29) is 6.10 Å². The second-order valence-electron chi connectivity index (χ2n) is 2.55. The van der Waals surface area contributed by atoms with Crippen molar-refractivity contribution in [3.63, 3.8) is 0 Å². The zero-order valence-electron chi connectivity index (χ0n) is 7.50. The van der Waals surface area contributed by atoms with Crippen molar-refractivity contribution in [2.45, 2.75) is 20.0 Å². The lowest BCUT2D eigenvalue weighted by Crippen LogP contribution is -2.18. The van der Waals surface area contributed by atoms with Crippen LogP contribution < -0.4 is 5.32 Å². The highest BCUT2D eigenvalue weighted by atomic mass is 16.5. The number of methoxy groups -OCH3 is 1. The summed E-state index contributed by atoms with van der Waals surface area (Å²) in [6.45, 7) is 4.37. The molecule has 0 amide bonds. The summed E-state index contributed by atoms with van der Waals surface area (Å²) in [6, 6.07) is 0.441. The van der Waals surface area contributed by atoms with Crippen molar-refractivity contribution in [1.29, 1.82) is 0 Å². The monoisotopic (exact) mass is 171 g/mol. The molecule has 1 unspecified atom stereocenters. The zero-order valence-corrected chi connectivity index (χ0v) is 7.50. The first-order valence-electron chi connectivity index (χ1n) is 3.79. The van der Waals surface area contributed by atoms with Gasteiger partial charge in [-0.2, -0.15) is 0 Å². The number of nitrogens with one attached hydrogen (secondary N) is 1. The third-order valence-corrected chi connectivity index (χ3v) is 1.47. The van der Waals surface area contributed by atoms with Gasteiger partial charge in [-0.1, -0.05) is 5.10 Å². The maximum atomic E-state index is 5.09. The van der Waals surface area contributed by atoms with E-state index in [0.717, 1.165) is 0 Å². The second kappa shape index (κ2) is 4.06. The van der Waals surface area contributed by atoms with E-state index < -0.39 is 0 Å². The van der Waals surface area contributed by atoms with Gasteiger partial charge in [0.2, 0.25) is 5.89 Å². The van der Waals surface area contributed by atoms with Crippen LogP contribution >= 0.6 is 0 Å². The summed E-state index contributed by atoms with van der Waals surface area (Å²) in [7, 11) is 1.66. The van der Waals surface area contributed by atoms with Crippen molar-refractivity contribution in [3.8, 4) is 0 Å². The molecule has 68 valence electrons.